The van der Waals surface area contributed by atoms with E-state index >= 15 is 0 Å². The summed E-state index contributed by atoms with van der Waals surface area (Å²) in [6.45, 7) is 0.225. The van der Waals surface area contributed by atoms with Crippen LogP contribution in [0.4, 0.5) is 0 Å². The second-order valence-corrected chi connectivity index (χ2v) is 7.06. The summed E-state index contributed by atoms with van der Waals surface area (Å²) in [6.07, 6.45) is 1.69. The average molecular weight is 401 g/mol. The summed E-state index contributed by atoms with van der Waals surface area (Å²) < 4.78 is 10.7. The van der Waals surface area contributed by atoms with Crippen LogP contribution in [-0.2, 0) is 0 Å². The molecule has 2 aromatic carbocycles. The number of aromatic nitrogens is 1. The van der Waals surface area contributed by atoms with Crippen LogP contribution in [0.5, 0.6) is 11.5 Å². The predicted molar refractivity (Wildman–Crippen MR) is 104 cm³/mol. The molecule has 0 amide bonds. The SMILES string of the molecule is N#C/C(=C/c1cccc(Cl)c1Cl)c1nc(-c2ccc3c(c2)OCO3)cs1. The van der Waals surface area contributed by atoms with Crippen molar-refractivity contribution in [2.24, 2.45) is 0 Å². The number of fused-ring (bicyclic) bond motifs is 1. The van der Waals surface area contributed by atoms with Gasteiger partial charge < -0.3 is 9.47 Å². The Kier molecular flexibility index (Phi) is 4.56. The summed E-state index contributed by atoms with van der Waals surface area (Å²) in [6, 6.07) is 13.1. The summed E-state index contributed by atoms with van der Waals surface area (Å²) in [5.41, 5.74) is 2.76. The molecule has 0 fully saturated rings. The standard InChI is InChI=1S/C19H10Cl2N2O2S/c20-14-3-1-2-12(18(14)21)6-13(8-22)19-23-15(9-26-19)11-4-5-16-17(7-11)25-10-24-16/h1-7,9H,10H2/b13-6-. The maximum atomic E-state index is 9.54. The lowest BCUT2D eigenvalue weighted by molar-refractivity contribution is 0.174. The average Bonchev–Trinajstić information content (AvgIpc) is 3.31. The molecular formula is C19H10Cl2N2O2S. The van der Waals surface area contributed by atoms with E-state index in [0.717, 1.165) is 17.0 Å². The fraction of sp³-hybridized carbons (Fsp3) is 0.0526. The van der Waals surface area contributed by atoms with Crippen molar-refractivity contribution in [1.82, 2.24) is 4.98 Å². The summed E-state index contributed by atoms with van der Waals surface area (Å²) in [7, 11) is 0. The minimum absolute atomic E-state index is 0.225. The molecule has 0 N–H and O–H groups in total. The Bertz CT molecular complexity index is 1070. The molecule has 128 valence electrons. The minimum atomic E-state index is 0.225. The van der Waals surface area contributed by atoms with E-state index in [1.807, 2.05) is 23.6 Å². The summed E-state index contributed by atoms with van der Waals surface area (Å²) in [4.78, 5) is 4.58. The lowest BCUT2D eigenvalue weighted by atomic mass is 10.1. The van der Waals surface area contributed by atoms with Gasteiger partial charge in [-0.15, -0.1) is 11.3 Å². The number of ether oxygens (including phenoxy) is 2. The molecule has 1 aliphatic rings. The van der Waals surface area contributed by atoms with Crippen molar-refractivity contribution in [2.45, 2.75) is 0 Å². The van der Waals surface area contributed by atoms with Crippen LogP contribution in [0.15, 0.2) is 41.8 Å². The third-order valence-corrected chi connectivity index (χ3v) is 5.51. The van der Waals surface area contributed by atoms with E-state index in [2.05, 4.69) is 11.1 Å². The Morgan fingerprint density at radius 3 is 2.88 bits per heavy atom. The van der Waals surface area contributed by atoms with Crippen LogP contribution in [0.3, 0.4) is 0 Å². The monoisotopic (exact) mass is 400 g/mol. The highest BCUT2D eigenvalue weighted by Crippen LogP contribution is 2.37. The van der Waals surface area contributed by atoms with E-state index < -0.39 is 0 Å². The van der Waals surface area contributed by atoms with E-state index in [-0.39, 0.29) is 6.79 Å². The molecule has 0 radical (unpaired) electrons. The number of benzene rings is 2. The van der Waals surface area contributed by atoms with Crippen molar-refractivity contribution < 1.29 is 9.47 Å². The molecule has 0 atom stereocenters. The van der Waals surface area contributed by atoms with Crippen molar-refractivity contribution in [3.63, 3.8) is 0 Å². The van der Waals surface area contributed by atoms with E-state index in [1.165, 1.54) is 11.3 Å². The molecule has 1 aliphatic heterocycles. The van der Waals surface area contributed by atoms with Gasteiger partial charge in [0.15, 0.2) is 11.5 Å². The molecule has 3 aromatic rings. The Labute approximate surface area is 163 Å². The number of nitriles is 1. The van der Waals surface area contributed by atoms with Gasteiger partial charge in [-0.05, 0) is 35.9 Å². The third-order valence-electron chi connectivity index (χ3n) is 3.80. The van der Waals surface area contributed by atoms with E-state index in [0.29, 0.717) is 31.9 Å². The van der Waals surface area contributed by atoms with Crippen LogP contribution in [0.25, 0.3) is 22.9 Å². The van der Waals surface area contributed by atoms with Crippen LogP contribution < -0.4 is 9.47 Å². The summed E-state index contributed by atoms with van der Waals surface area (Å²) in [5.74, 6) is 1.41. The molecular weight excluding hydrogens is 391 g/mol. The fourth-order valence-corrected chi connectivity index (χ4v) is 3.67. The van der Waals surface area contributed by atoms with Crippen molar-refractivity contribution in [3.05, 3.63) is 62.4 Å². The quantitative estimate of drug-likeness (QED) is 0.512. The number of hydrogen-bond donors (Lipinski definition) is 0. The maximum absolute atomic E-state index is 9.54. The van der Waals surface area contributed by atoms with E-state index in [9.17, 15) is 5.26 Å². The van der Waals surface area contributed by atoms with E-state index in [1.54, 1.807) is 24.3 Å². The Hall–Kier alpha value is -2.52. The van der Waals surface area contributed by atoms with Crippen LogP contribution >= 0.6 is 34.5 Å². The molecule has 7 heteroatoms. The van der Waals surface area contributed by atoms with Gasteiger partial charge in [0.2, 0.25) is 6.79 Å². The number of rotatable bonds is 3. The molecule has 4 nitrogen and oxygen atoms in total. The van der Waals surface area contributed by atoms with Gasteiger partial charge in [-0.2, -0.15) is 5.26 Å². The van der Waals surface area contributed by atoms with Gasteiger partial charge in [-0.25, -0.2) is 4.98 Å². The molecule has 4 rings (SSSR count). The zero-order valence-electron chi connectivity index (χ0n) is 13.2. The number of halogens is 2. The molecule has 0 bridgehead atoms. The van der Waals surface area contributed by atoms with Gasteiger partial charge in [0.1, 0.15) is 11.1 Å². The number of allylic oxidation sites excluding steroid dienone is 1. The number of nitrogens with zero attached hydrogens (tertiary/aromatic N) is 2. The lowest BCUT2D eigenvalue weighted by Crippen LogP contribution is -1.92. The first kappa shape index (κ1) is 16.9. The number of hydrogen-bond acceptors (Lipinski definition) is 5. The molecule has 1 aromatic heterocycles. The van der Waals surface area contributed by atoms with Gasteiger partial charge >= 0.3 is 0 Å². The Balaban J connectivity index is 1.69. The van der Waals surface area contributed by atoms with Crippen LogP contribution in [0.2, 0.25) is 10.0 Å². The van der Waals surface area contributed by atoms with Crippen molar-refractivity contribution >= 4 is 46.2 Å². The smallest absolute Gasteiger partial charge is 0.231 e. The topological polar surface area (TPSA) is 55.1 Å². The van der Waals surface area contributed by atoms with Gasteiger partial charge in [-0.1, -0.05) is 35.3 Å². The summed E-state index contributed by atoms with van der Waals surface area (Å²) in [5, 5.41) is 12.9. The predicted octanol–water partition coefficient (Wildman–Crippen LogP) is 5.91. The van der Waals surface area contributed by atoms with Crippen molar-refractivity contribution in [2.75, 3.05) is 6.79 Å². The maximum Gasteiger partial charge on any atom is 0.231 e. The molecule has 0 aliphatic carbocycles. The first-order chi connectivity index (χ1) is 12.7. The zero-order valence-corrected chi connectivity index (χ0v) is 15.5. The second kappa shape index (κ2) is 7.00. The van der Waals surface area contributed by atoms with Crippen LogP contribution in [0, 0.1) is 11.3 Å². The molecule has 2 heterocycles. The normalized spacial score (nSPS) is 12.9. The lowest BCUT2D eigenvalue weighted by Gasteiger charge is -2.01. The second-order valence-electron chi connectivity index (χ2n) is 5.42. The van der Waals surface area contributed by atoms with Gasteiger partial charge in [0.05, 0.1) is 21.3 Å². The van der Waals surface area contributed by atoms with Crippen molar-refractivity contribution in [1.29, 1.82) is 5.26 Å². The highest BCUT2D eigenvalue weighted by molar-refractivity contribution is 7.11. The molecule has 26 heavy (non-hydrogen) atoms. The van der Waals surface area contributed by atoms with Gasteiger partial charge in [0.25, 0.3) is 0 Å². The van der Waals surface area contributed by atoms with Gasteiger partial charge in [0, 0.05) is 10.9 Å². The Morgan fingerprint density at radius 1 is 1.19 bits per heavy atom. The third kappa shape index (κ3) is 3.15. The van der Waals surface area contributed by atoms with Gasteiger partial charge in [-0.3, -0.25) is 0 Å². The largest absolute Gasteiger partial charge is 0.454 e. The van der Waals surface area contributed by atoms with Crippen LogP contribution in [0.1, 0.15) is 10.6 Å². The van der Waals surface area contributed by atoms with E-state index in [4.69, 9.17) is 32.7 Å². The van der Waals surface area contributed by atoms with Crippen LogP contribution in [-0.4, -0.2) is 11.8 Å². The first-order valence-corrected chi connectivity index (χ1v) is 9.21. The molecule has 0 spiro atoms. The zero-order chi connectivity index (χ0) is 18.1. The Morgan fingerprint density at radius 2 is 2.04 bits per heavy atom. The fourth-order valence-electron chi connectivity index (χ4n) is 2.52. The minimum Gasteiger partial charge on any atom is -0.454 e. The molecule has 0 unspecified atom stereocenters. The first-order valence-electron chi connectivity index (χ1n) is 7.57. The number of thiazole rings is 1. The highest BCUT2D eigenvalue weighted by atomic mass is 35.5. The molecule has 0 saturated carbocycles. The highest BCUT2D eigenvalue weighted by Gasteiger charge is 2.16. The van der Waals surface area contributed by atoms with Crippen molar-refractivity contribution in [3.8, 4) is 28.8 Å². The summed E-state index contributed by atoms with van der Waals surface area (Å²) >= 11 is 13.6. The molecule has 0 saturated heterocycles.